The molecule has 0 spiro atoms. The molecule has 0 aliphatic rings. The summed E-state index contributed by atoms with van der Waals surface area (Å²) in [7, 11) is 1.65. The third-order valence-corrected chi connectivity index (χ3v) is 24.4. The number of fused-ring (bicyclic) bond motifs is 5. The molecular weight excluding hydrogens is 1890 g/mol. The average molecular weight is 1960 g/mol. The number of nitrogens with one attached hydrogen (secondary N) is 5. The highest BCUT2D eigenvalue weighted by Gasteiger charge is 2.21. The SMILES string of the molecule is COc1ccc(-c2nc(-c3ccc(-c4nc5ccc(Cl)cc5[nH]4)cc3)no2)cc1C.Cc1ccc(-c2nc(-c3ccc(-c4nc5ccc(Cl)cc5[nH]4)cc3)no2)cc1.Cc1ccc(-c2nc(-c3ccc(-c4nc5ccc(Cl)cc5[nH]4)cc3)no2)cc1.Cc1ccc(-c2nc(-c3ccc(-c4nc5ccc(Cl)cc5[nH]4)cc3)no2)cc1.Cc1ccc(-c2nc(-c3ccc(-c4nc5ccc(Cl)cc5[nH]4)cc3)no2)cc1. The molecule has 10 aromatic heterocycles. The second kappa shape index (κ2) is 40.0. The van der Waals surface area contributed by atoms with Crippen molar-refractivity contribution in [1.82, 2.24) is 101 Å². The molecule has 25 rings (SSSR count). The molecule has 0 aliphatic carbocycles. The Labute approximate surface area is 834 Å². The lowest BCUT2D eigenvalue weighted by atomic mass is 10.1. The first-order valence-electron chi connectivity index (χ1n) is 44.7. The zero-order valence-electron chi connectivity index (χ0n) is 76.2. The van der Waals surface area contributed by atoms with Crippen molar-refractivity contribution in [2.45, 2.75) is 34.6 Å². The molecule has 0 aliphatic heterocycles. The molecule has 0 bridgehead atoms. The Bertz CT molecular complexity index is 8000. The molecule has 26 nitrogen and oxygen atoms in total. The second-order valence-corrected chi connectivity index (χ2v) is 35.6. The van der Waals surface area contributed by atoms with Crippen LogP contribution in [0.25, 0.3) is 226 Å². The van der Waals surface area contributed by atoms with Crippen molar-refractivity contribution in [1.29, 1.82) is 0 Å². The maximum atomic E-state index is 6.06. The molecule has 25 aromatic rings. The fraction of sp³-hybridized carbons (Fsp3) is 0.0541. The number of nitrogens with zero attached hydrogens (tertiary/aromatic N) is 15. The number of imidazole rings is 5. The van der Waals surface area contributed by atoms with Crippen molar-refractivity contribution in [3.8, 4) is 177 Å². The number of methoxy groups -OCH3 is 1. The lowest BCUT2D eigenvalue weighted by Crippen LogP contribution is -1.88. The summed E-state index contributed by atoms with van der Waals surface area (Å²) in [5, 5.41) is 24.0. The van der Waals surface area contributed by atoms with Crippen LogP contribution in [0.2, 0.25) is 25.1 Å². The van der Waals surface area contributed by atoms with E-state index in [1.54, 1.807) is 7.11 Å². The Kier molecular flexibility index (Phi) is 25.6. The van der Waals surface area contributed by atoms with E-state index in [0.717, 1.165) is 179 Å². The number of aryl methyl sites for hydroxylation is 5. The molecule has 10 heterocycles. The Hall–Kier alpha value is -17.4. The van der Waals surface area contributed by atoms with E-state index in [2.05, 4.69) is 101 Å². The number of rotatable bonds is 16. The number of aromatic amines is 5. The number of H-pyrrole nitrogens is 5. The van der Waals surface area contributed by atoms with Crippen LogP contribution in [0.5, 0.6) is 5.75 Å². The molecule has 0 saturated heterocycles. The maximum absolute atomic E-state index is 6.06. The van der Waals surface area contributed by atoms with Gasteiger partial charge in [-0.2, -0.15) is 24.9 Å². The summed E-state index contributed by atoms with van der Waals surface area (Å²) in [6.45, 7) is 10.1. The third-order valence-electron chi connectivity index (χ3n) is 23.3. The predicted molar refractivity (Wildman–Crippen MR) is 557 cm³/mol. The standard InChI is InChI=1S/C23H17ClN4O2.4C22H15ClN4O/c1-13-11-16(7-10-20(13)29-2)23-27-22(28-30-23)15-5-3-14(4-6-15)21-25-18-9-8-17(24)12-19(18)26-21;4*1-13-2-4-16(5-3-13)22-26-21(27-28-22)15-8-6-14(7-9-15)20-24-18-11-10-17(23)12-19(18)25-20/h3-12H,1-2H3,(H,25,26);4*2-12H,1H3,(H,24,25). The van der Waals surface area contributed by atoms with Crippen molar-refractivity contribution in [2.24, 2.45) is 0 Å². The predicted octanol–water partition coefficient (Wildman–Crippen LogP) is 29.6. The van der Waals surface area contributed by atoms with Crippen molar-refractivity contribution >= 4 is 113 Å². The van der Waals surface area contributed by atoms with Gasteiger partial charge in [0, 0.05) is 109 Å². The van der Waals surface area contributed by atoms with Crippen LogP contribution in [0.4, 0.5) is 0 Å². The summed E-state index contributed by atoms with van der Waals surface area (Å²) in [6, 6.07) is 105. The molecule has 692 valence electrons. The quantitative estimate of drug-likeness (QED) is 0.0600. The third kappa shape index (κ3) is 20.5. The molecular formula is C111H77Cl5N20O6. The summed E-state index contributed by atoms with van der Waals surface area (Å²) >= 11 is 30.2. The topological polar surface area (TPSA) is 347 Å². The maximum Gasteiger partial charge on any atom is 0.258 e. The first-order valence-corrected chi connectivity index (χ1v) is 46.5. The van der Waals surface area contributed by atoms with Gasteiger partial charge >= 0.3 is 0 Å². The molecule has 15 aromatic carbocycles. The Morgan fingerprint density at radius 2 is 0.380 bits per heavy atom. The van der Waals surface area contributed by atoms with Crippen LogP contribution in [0, 0.1) is 34.6 Å². The van der Waals surface area contributed by atoms with E-state index in [4.69, 9.17) is 85.4 Å². The van der Waals surface area contributed by atoms with E-state index in [1.165, 1.54) is 22.3 Å². The summed E-state index contributed by atoms with van der Waals surface area (Å²) < 4.78 is 32.4. The number of hydrogen-bond acceptors (Lipinski definition) is 21. The van der Waals surface area contributed by atoms with E-state index in [-0.39, 0.29) is 0 Å². The van der Waals surface area contributed by atoms with E-state index in [1.807, 2.05) is 362 Å². The van der Waals surface area contributed by atoms with Gasteiger partial charge in [-0.1, -0.05) is 276 Å². The second-order valence-electron chi connectivity index (χ2n) is 33.4. The van der Waals surface area contributed by atoms with Gasteiger partial charge in [0.25, 0.3) is 29.5 Å². The smallest absolute Gasteiger partial charge is 0.258 e. The normalized spacial score (nSPS) is 11.2. The first kappa shape index (κ1) is 91.0. The van der Waals surface area contributed by atoms with Crippen molar-refractivity contribution in [2.75, 3.05) is 7.11 Å². The summed E-state index contributed by atoms with van der Waals surface area (Å²) in [4.78, 5) is 62.1. The van der Waals surface area contributed by atoms with Gasteiger partial charge in [-0.25, -0.2) is 24.9 Å². The minimum atomic E-state index is 0.467. The van der Waals surface area contributed by atoms with Crippen LogP contribution in [0.3, 0.4) is 0 Å². The fourth-order valence-electron chi connectivity index (χ4n) is 15.6. The molecule has 0 unspecified atom stereocenters. The molecule has 0 radical (unpaired) electrons. The largest absolute Gasteiger partial charge is 0.496 e. The number of benzene rings is 15. The van der Waals surface area contributed by atoms with Gasteiger partial charge in [0.15, 0.2) is 0 Å². The van der Waals surface area contributed by atoms with Crippen molar-refractivity contribution in [3.05, 3.63) is 381 Å². The Morgan fingerprint density at radius 1 is 0.197 bits per heavy atom. The molecule has 0 amide bonds. The van der Waals surface area contributed by atoms with E-state index in [9.17, 15) is 0 Å². The van der Waals surface area contributed by atoms with Gasteiger partial charge in [0.2, 0.25) is 29.1 Å². The lowest BCUT2D eigenvalue weighted by molar-refractivity contribution is 0.411. The highest BCUT2D eigenvalue weighted by atomic mass is 35.5. The van der Waals surface area contributed by atoms with Crippen LogP contribution >= 0.6 is 58.0 Å². The zero-order valence-corrected chi connectivity index (χ0v) is 80.0. The molecule has 0 atom stereocenters. The van der Waals surface area contributed by atoms with Crippen LogP contribution in [-0.4, -0.2) is 108 Å². The summed E-state index contributed by atoms with van der Waals surface area (Å²) in [5.74, 6) is 10.00. The number of aromatic nitrogens is 20. The van der Waals surface area contributed by atoms with Gasteiger partial charge < -0.3 is 52.3 Å². The number of ether oxygens (including phenoxy) is 1. The van der Waals surface area contributed by atoms with Crippen LogP contribution in [0.1, 0.15) is 27.8 Å². The Balaban J connectivity index is 0.000000105. The number of hydrogen-bond donors (Lipinski definition) is 5. The van der Waals surface area contributed by atoms with E-state index < -0.39 is 0 Å². The summed E-state index contributed by atoms with van der Waals surface area (Å²) in [6.07, 6.45) is 0. The minimum absolute atomic E-state index is 0.467. The molecule has 5 N–H and O–H groups in total. The van der Waals surface area contributed by atoms with Gasteiger partial charge in [-0.15, -0.1) is 0 Å². The van der Waals surface area contributed by atoms with Gasteiger partial charge in [0.05, 0.1) is 62.3 Å². The monoisotopic (exact) mass is 1960 g/mol. The highest BCUT2D eigenvalue weighted by Crippen LogP contribution is 2.37. The van der Waals surface area contributed by atoms with Gasteiger partial charge in [-0.3, -0.25) is 0 Å². The number of halogens is 5. The molecule has 0 saturated carbocycles. The lowest BCUT2D eigenvalue weighted by Gasteiger charge is -2.04. The average Bonchev–Trinajstić information content (AvgIpc) is 1.67. The molecule has 0 fully saturated rings. The van der Waals surface area contributed by atoms with Gasteiger partial charge in [0.1, 0.15) is 34.9 Å². The highest BCUT2D eigenvalue weighted by molar-refractivity contribution is 6.32. The zero-order chi connectivity index (χ0) is 97.0. The van der Waals surface area contributed by atoms with Crippen molar-refractivity contribution in [3.63, 3.8) is 0 Å². The van der Waals surface area contributed by atoms with Crippen molar-refractivity contribution < 1.29 is 27.4 Å². The van der Waals surface area contributed by atoms with Crippen LogP contribution in [-0.2, 0) is 0 Å². The summed E-state index contributed by atoms with van der Waals surface area (Å²) in [5.41, 5.74) is 28.4. The van der Waals surface area contributed by atoms with E-state index >= 15 is 0 Å². The molecule has 31 heteroatoms. The van der Waals surface area contributed by atoms with Crippen LogP contribution < -0.4 is 4.74 Å². The first-order chi connectivity index (χ1) is 69.2. The molecule has 142 heavy (non-hydrogen) atoms. The Morgan fingerprint density at radius 3 is 0.577 bits per heavy atom. The van der Waals surface area contributed by atoms with Crippen LogP contribution in [0.15, 0.2) is 350 Å². The minimum Gasteiger partial charge on any atom is -0.496 e. The van der Waals surface area contributed by atoms with Gasteiger partial charge in [-0.05, 0) is 198 Å². The van der Waals surface area contributed by atoms with E-state index in [0.29, 0.717) is 83.7 Å². The fourth-order valence-corrected chi connectivity index (χ4v) is 16.4.